The number of thiophene rings is 1. The molecule has 3 fully saturated rings. The van der Waals surface area contributed by atoms with Crippen LogP contribution in [0.2, 0.25) is 0 Å². The van der Waals surface area contributed by atoms with Gasteiger partial charge in [0.2, 0.25) is 23.6 Å². The van der Waals surface area contributed by atoms with Gasteiger partial charge >= 0.3 is 12.1 Å². The number of hydrogen-bond acceptors (Lipinski definition) is 14. The smallest absolute Gasteiger partial charge is 0.331 e. The number of aromatic nitrogens is 1. The summed E-state index contributed by atoms with van der Waals surface area (Å²) in [6, 6.07) is 16.4. The maximum atomic E-state index is 13.9. The molecular formula is C56H72N10O11S2. The molecule has 4 aliphatic rings. The van der Waals surface area contributed by atoms with Crippen molar-refractivity contribution in [1.29, 1.82) is 0 Å². The molecule has 4 unspecified atom stereocenters. The maximum Gasteiger partial charge on any atom is 0.331 e. The number of nitrogens with zero attached hydrogens (tertiary/aromatic N) is 3. The third kappa shape index (κ3) is 17.1. The summed E-state index contributed by atoms with van der Waals surface area (Å²) in [5.41, 5.74) is 2.49. The number of carbonyl (C=O) groups excluding carboxylic acids is 7. The number of hydrogen-bond donors (Lipinski definition) is 7. The predicted molar refractivity (Wildman–Crippen MR) is 303 cm³/mol. The van der Waals surface area contributed by atoms with Crippen LogP contribution in [0.15, 0.2) is 72.9 Å². The van der Waals surface area contributed by atoms with E-state index >= 15 is 0 Å². The first-order chi connectivity index (χ1) is 38.5. The van der Waals surface area contributed by atoms with Gasteiger partial charge in [0.1, 0.15) is 21.2 Å². The third-order valence-electron chi connectivity index (χ3n) is 13.8. The molecule has 21 nitrogen and oxygen atoms in total. The number of thioether (sulfide) groups is 1. The summed E-state index contributed by atoms with van der Waals surface area (Å²) < 4.78 is 22.7. The molecule has 4 aromatic rings. The number of ether oxygens (including phenoxy) is 4. The van der Waals surface area contributed by atoms with Crippen molar-refractivity contribution in [3.05, 3.63) is 83.4 Å². The first-order valence-corrected chi connectivity index (χ1v) is 29.2. The van der Waals surface area contributed by atoms with E-state index in [1.807, 2.05) is 67.2 Å². The highest BCUT2D eigenvalue weighted by Gasteiger charge is 2.42. The number of carbonyl (C=O) groups is 7. The molecule has 6 heterocycles. The van der Waals surface area contributed by atoms with Crippen LogP contribution in [0.25, 0.3) is 10.2 Å². The molecular weight excluding hydrogens is 1050 g/mol. The molecule has 0 radical (unpaired) electrons. The summed E-state index contributed by atoms with van der Waals surface area (Å²) in [5.74, 6) is 1.36. The zero-order valence-corrected chi connectivity index (χ0v) is 46.3. The number of fused-ring (bicyclic) bond motifs is 1. The van der Waals surface area contributed by atoms with E-state index in [9.17, 15) is 33.6 Å². The van der Waals surface area contributed by atoms with Crippen LogP contribution in [-0.2, 0) is 33.4 Å². The van der Waals surface area contributed by atoms with Gasteiger partial charge in [-0.05, 0) is 93.8 Å². The Morgan fingerprint density at radius 3 is 2.23 bits per heavy atom. The Hall–Kier alpha value is -6.79. The first-order valence-electron chi connectivity index (χ1n) is 27.3. The molecule has 79 heavy (non-hydrogen) atoms. The van der Waals surface area contributed by atoms with Gasteiger partial charge in [-0.2, -0.15) is 11.8 Å². The van der Waals surface area contributed by atoms with Gasteiger partial charge in [-0.25, -0.2) is 14.6 Å². The van der Waals surface area contributed by atoms with Crippen molar-refractivity contribution in [2.45, 2.75) is 101 Å². The summed E-state index contributed by atoms with van der Waals surface area (Å²) in [6.45, 7) is 6.65. The van der Waals surface area contributed by atoms with E-state index in [2.05, 4.69) is 42.2 Å². The number of likely N-dealkylation sites (tertiary alicyclic amines) is 1. The van der Waals surface area contributed by atoms with Gasteiger partial charge in [0.05, 0.1) is 61.0 Å². The van der Waals surface area contributed by atoms with E-state index < -0.39 is 6.03 Å². The van der Waals surface area contributed by atoms with Crippen LogP contribution in [0.5, 0.6) is 11.5 Å². The van der Waals surface area contributed by atoms with Crippen LogP contribution >= 0.6 is 23.1 Å². The minimum Gasteiger partial charge on any atom is -0.457 e. The second-order valence-electron chi connectivity index (χ2n) is 19.7. The highest BCUT2D eigenvalue weighted by molar-refractivity contribution is 8.00. The standard InChI is InChI=1S/C56H72N10O11S2/c1-37-34-40(77-39-13-3-2-4-14-39)20-21-42(37)66-43-22-26-60-54-49(43)51(64-56(66)73)52(79-54)53(71)61-38-12-9-27-65(35-38)48(70)19-8-23-57-46(68)17-7-18-47(69)59-25-11-29-75-31-33-76-32-30-74-28-10-24-58-45(67)16-6-5-15-44-50-41(36-78-44)62-55(72)63-50/h2-4,8,13-14,19-22,26,34,38,41,44,50H,5-7,9-12,15-18,23-25,27-33,35-36H2,1H3,(H,57,68)(H,58,67)(H,59,69)(H,61,71)(H,64,73)(H2,62,63,72)/b19-8+. The van der Waals surface area contributed by atoms with Crippen molar-refractivity contribution in [1.82, 2.24) is 41.8 Å². The fraction of sp³-hybridized carbons (Fsp3) is 0.500. The van der Waals surface area contributed by atoms with Crippen LogP contribution in [0, 0.1) is 6.92 Å². The van der Waals surface area contributed by atoms with Crippen LogP contribution in [0.3, 0.4) is 0 Å². The molecule has 0 spiro atoms. The summed E-state index contributed by atoms with van der Waals surface area (Å²) in [4.78, 5) is 98.0. The van der Waals surface area contributed by atoms with E-state index in [1.54, 1.807) is 28.1 Å². The van der Waals surface area contributed by atoms with E-state index in [1.165, 1.54) is 17.4 Å². The molecule has 0 saturated carbocycles. The van der Waals surface area contributed by atoms with Gasteiger partial charge in [-0.3, -0.25) is 28.9 Å². The number of urea groups is 2. The van der Waals surface area contributed by atoms with E-state index in [-0.39, 0.29) is 73.1 Å². The molecule has 3 saturated heterocycles. The molecule has 2 aromatic carbocycles. The van der Waals surface area contributed by atoms with Gasteiger partial charge in [-0.1, -0.05) is 30.7 Å². The minimum absolute atomic E-state index is 0.0528. The van der Waals surface area contributed by atoms with Crippen molar-refractivity contribution >= 4 is 92.0 Å². The Balaban J connectivity index is 0.616. The Labute approximate surface area is 468 Å². The number of benzene rings is 2. The average Bonchev–Trinajstić information content (AvgIpc) is 4.37. The molecule has 4 aliphatic heterocycles. The van der Waals surface area contributed by atoms with Crippen molar-refractivity contribution in [2.24, 2.45) is 0 Å². The Kier molecular flexibility index (Phi) is 22.1. The number of unbranched alkanes of at least 4 members (excludes halogenated alkanes) is 1. The second-order valence-corrected chi connectivity index (χ2v) is 22.0. The Bertz CT molecular complexity index is 2780. The number of aryl methyl sites for hydroxylation is 1. The van der Waals surface area contributed by atoms with Crippen LogP contribution < -0.4 is 46.9 Å². The Morgan fingerprint density at radius 2 is 1.49 bits per heavy atom. The zero-order chi connectivity index (χ0) is 55.3. The molecule has 0 bridgehead atoms. The first kappa shape index (κ1) is 58.4. The maximum absolute atomic E-state index is 13.9. The number of rotatable bonds is 31. The number of para-hydroxylation sites is 1. The van der Waals surface area contributed by atoms with Crippen LogP contribution in [0.4, 0.5) is 26.7 Å². The molecule has 9 amide bonds. The summed E-state index contributed by atoms with van der Waals surface area (Å²) >= 11 is 3.09. The lowest BCUT2D eigenvalue weighted by atomic mass is 10.0. The summed E-state index contributed by atoms with van der Waals surface area (Å²) in [6.07, 6.45) is 11.4. The van der Waals surface area contributed by atoms with Gasteiger partial charge in [0, 0.05) is 94.5 Å². The quantitative estimate of drug-likeness (QED) is 0.0163. The van der Waals surface area contributed by atoms with E-state index in [4.69, 9.17) is 18.9 Å². The number of anilines is 3. The van der Waals surface area contributed by atoms with Crippen LogP contribution in [-0.4, -0.2) is 153 Å². The van der Waals surface area contributed by atoms with Crippen molar-refractivity contribution in [3.63, 3.8) is 0 Å². The molecule has 2 aromatic heterocycles. The molecule has 0 aliphatic carbocycles. The number of nitrogens with one attached hydrogen (secondary N) is 7. The number of amides is 9. The lowest BCUT2D eigenvalue weighted by Gasteiger charge is -2.32. The largest absolute Gasteiger partial charge is 0.457 e. The van der Waals surface area contributed by atoms with Crippen molar-refractivity contribution < 1.29 is 52.5 Å². The highest BCUT2D eigenvalue weighted by atomic mass is 32.2. The monoisotopic (exact) mass is 1120 g/mol. The zero-order valence-electron chi connectivity index (χ0n) is 44.6. The normalized spacial score (nSPS) is 18.4. The fourth-order valence-corrected chi connectivity index (χ4v) is 12.4. The molecule has 7 N–H and O–H groups in total. The molecule has 23 heteroatoms. The topological polar surface area (TPSA) is 260 Å². The van der Waals surface area contributed by atoms with Gasteiger partial charge in [0.25, 0.3) is 5.91 Å². The van der Waals surface area contributed by atoms with Crippen molar-refractivity contribution in [3.8, 4) is 11.5 Å². The summed E-state index contributed by atoms with van der Waals surface area (Å²) in [5, 5.41) is 21.6. The molecule has 4 atom stereocenters. The summed E-state index contributed by atoms with van der Waals surface area (Å²) in [7, 11) is 0. The molecule has 8 rings (SSSR count). The van der Waals surface area contributed by atoms with Crippen molar-refractivity contribution in [2.75, 3.05) is 88.3 Å². The van der Waals surface area contributed by atoms with Crippen LogP contribution in [0.1, 0.15) is 85.9 Å². The average molecular weight is 1130 g/mol. The number of pyridine rings is 1. The fourth-order valence-electron chi connectivity index (χ4n) is 9.83. The second kappa shape index (κ2) is 30.0. The predicted octanol–water partition coefficient (Wildman–Crippen LogP) is 6.43. The SMILES string of the molecule is Cc1cc(Oc2ccccc2)ccc1N1C(=O)Nc2c(C(=O)NC3CCCN(C(=O)/C=C/CNC(=O)CCCC(=O)NCCCOCCOCCOCCCNC(=O)CCCCC4SCC5NC(=O)NC54)C3)sc3nccc1c23. The minimum atomic E-state index is -0.411. The van der Waals surface area contributed by atoms with Gasteiger partial charge in [0.15, 0.2) is 0 Å². The van der Waals surface area contributed by atoms with E-state index in [0.29, 0.717) is 147 Å². The highest BCUT2D eigenvalue weighted by Crippen LogP contribution is 2.46. The Morgan fingerprint density at radius 1 is 0.785 bits per heavy atom. The van der Waals surface area contributed by atoms with Gasteiger partial charge < -0.3 is 61.1 Å². The lowest BCUT2D eigenvalue weighted by molar-refractivity contribution is -0.127. The van der Waals surface area contributed by atoms with Gasteiger partial charge in [-0.15, -0.1) is 11.3 Å². The number of piperidine rings is 1. The molecule has 424 valence electrons. The third-order valence-corrected chi connectivity index (χ3v) is 16.4. The van der Waals surface area contributed by atoms with E-state index in [0.717, 1.165) is 37.0 Å². The lowest BCUT2D eigenvalue weighted by Crippen LogP contribution is -2.49.